The third-order valence-electron chi connectivity index (χ3n) is 2.28. The Kier molecular flexibility index (Phi) is 4.32. The Balaban J connectivity index is 2.62. The highest BCUT2D eigenvalue weighted by Gasteiger charge is 2.17. The zero-order valence-corrected chi connectivity index (χ0v) is 10.5. The highest BCUT2D eigenvalue weighted by Crippen LogP contribution is 2.29. The fourth-order valence-electron chi connectivity index (χ4n) is 0.939. The van der Waals surface area contributed by atoms with Gasteiger partial charge in [0, 0.05) is 10.6 Å². The average Bonchev–Trinajstić information content (AvgIpc) is 2.20. The van der Waals surface area contributed by atoms with Crippen LogP contribution < -0.4 is 5.73 Å². The lowest BCUT2D eigenvalue weighted by atomic mass is 10.1. The predicted octanol–water partition coefficient (Wildman–Crippen LogP) is 3.18. The van der Waals surface area contributed by atoms with E-state index >= 15 is 0 Å². The van der Waals surface area contributed by atoms with E-state index in [2.05, 4.69) is 0 Å². The summed E-state index contributed by atoms with van der Waals surface area (Å²) >= 11 is 7.48. The SMILES string of the molecule is CCC(C)(O)CSc1ccc(N)c(Cl)c1. The van der Waals surface area contributed by atoms with E-state index in [1.165, 1.54) is 0 Å². The number of aliphatic hydroxyl groups is 1. The standard InChI is InChI=1S/C11H16ClNOS/c1-3-11(2,14)7-15-8-4-5-10(13)9(12)6-8/h4-6,14H,3,7,13H2,1-2H3. The number of nitrogens with two attached hydrogens (primary N) is 1. The Morgan fingerprint density at radius 1 is 1.53 bits per heavy atom. The number of rotatable bonds is 4. The Morgan fingerprint density at radius 2 is 2.20 bits per heavy atom. The summed E-state index contributed by atoms with van der Waals surface area (Å²) in [5.41, 5.74) is 5.57. The number of benzene rings is 1. The first-order valence-electron chi connectivity index (χ1n) is 4.85. The summed E-state index contributed by atoms with van der Waals surface area (Å²) in [7, 11) is 0. The van der Waals surface area contributed by atoms with Crippen LogP contribution in [0.5, 0.6) is 0 Å². The zero-order chi connectivity index (χ0) is 11.5. The van der Waals surface area contributed by atoms with Gasteiger partial charge >= 0.3 is 0 Å². The molecule has 15 heavy (non-hydrogen) atoms. The molecule has 0 aromatic heterocycles. The number of nitrogen functional groups attached to an aromatic ring is 1. The molecule has 0 saturated carbocycles. The van der Waals surface area contributed by atoms with E-state index in [1.54, 1.807) is 17.8 Å². The highest BCUT2D eigenvalue weighted by molar-refractivity contribution is 7.99. The lowest BCUT2D eigenvalue weighted by Crippen LogP contribution is -2.25. The molecule has 1 aromatic carbocycles. The Bertz CT molecular complexity index is 341. The summed E-state index contributed by atoms with van der Waals surface area (Å²) in [6.07, 6.45) is 0.739. The molecule has 0 amide bonds. The first-order chi connectivity index (χ1) is 6.94. The summed E-state index contributed by atoms with van der Waals surface area (Å²) in [5, 5.41) is 10.4. The van der Waals surface area contributed by atoms with Crippen molar-refractivity contribution >= 4 is 29.1 Å². The van der Waals surface area contributed by atoms with Crippen LogP contribution in [-0.4, -0.2) is 16.5 Å². The molecule has 0 aliphatic rings. The Morgan fingerprint density at radius 3 is 2.73 bits per heavy atom. The molecule has 0 bridgehead atoms. The van der Waals surface area contributed by atoms with E-state index in [-0.39, 0.29) is 0 Å². The van der Waals surface area contributed by atoms with Crippen molar-refractivity contribution in [1.82, 2.24) is 0 Å². The predicted molar refractivity (Wildman–Crippen MR) is 67.5 cm³/mol. The monoisotopic (exact) mass is 245 g/mol. The van der Waals surface area contributed by atoms with E-state index in [4.69, 9.17) is 17.3 Å². The van der Waals surface area contributed by atoms with Crippen LogP contribution in [0.1, 0.15) is 20.3 Å². The molecule has 4 heteroatoms. The van der Waals surface area contributed by atoms with Gasteiger partial charge in [0.2, 0.25) is 0 Å². The highest BCUT2D eigenvalue weighted by atomic mass is 35.5. The van der Waals surface area contributed by atoms with Crippen molar-refractivity contribution in [3.8, 4) is 0 Å². The van der Waals surface area contributed by atoms with Gasteiger partial charge in [0.1, 0.15) is 0 Å². The van der Waals surface area contributed by atoms with Gasteiger partial charge in [-0.05, 0) is 31.5 Å². The van der Waals surface area contributed by atoms with E-state index in [1.807, 2.05) is 26.0 Å². The third kappa shape index (κ3) is 3.93. The Hall–Kier alpha value is -0.380. The molecule has 3 N–H and O–H groups in total. The summed E-state index contributed by atoms with van der Waals surface area (Å²) < 4.78 is 0. The molecule has 0 heterocycles. The van der Waals surface area contributed by atoms with Gasteiger partial charge in [-0.15, -0.1) is 11.8 Å². The van der Waals surface area contributed by atoms with Crippen LogP contribution in [0.2, 0.25) is 5.02 Å². The topological polar surface area (TPSA) is 46.2 Å². The van der Waals surface area contributed by atoms with Crippen LogP contribution in [-0.2, 0) is 0 Å². The summed E-state index contributed by atoms with van der Waals surface area (Å²) in [5.74, 6) is 0.656. The van der Waals surface area contributed by atoms with Crippen LogP contribution in [0.4, 0.5) is 5.69 Å². The second kappa shape index (κ2) is 5.10. The molecule has 1 atom stereocenters. The van der Waals surface area contributed by atoms with Crippen LogP contribution in [0.3, 0.4) is 0 Å². The molecular weight excluding hydrogens is 230 g/mol. The fourth-order valence-corrected chi connectivity index (χ4v) is 2.23. The first kappa shape index (κ1) is 12.7. The van der Waals surface area contributed by atoms with Crippen molar-refractivity contribution in [2.24, 2.45) is 0 Å². The molecular formula is C11H16ClNOS. The molecule has 0 aliphatic carbocycles. The first-order valence-corrected chi connectivity index (χ1v) is 6.21. The third-order valence-corrected chi connectivity index (χ3v) is 3.96. The maximum absolute atomic E-state index is 9.83. The van der Waals surface area contributed by atoms with Crippen LogP contribution in [0, 0.1) is 0 Å². The van der Waals surface area contributed by atoms with Crippen molar-refractivity contribution < 1.29 is 5.11 Å². The quantitative estimate of drug-likeness (QED) is 0.633. The number of hydrogen-bond acceptors (Lipinski definition) is 3. The van der Waals surface area contributed by atoms with Gasteiger partial charge in [-0.2, -0.15) is 0 Å². The van der Waals surface area contributed by atoms with Gasteiger partial charge in [0.25, 0.3) is 0 Å². The van der Waals surface area contributed by atoms with Crippen molar-refractivity contribution in [3.63, 3.8) is 0 Å². The van der Waals surface area contributed by atoms with Crippen LogP contribution >= 0.6 is 23.4 Å². The number of hydrogen-bond donors (Lipinski definition) is 2. The molecule has 0 saturated heterocycles. The van der Waals surface area contributed by atoms with E-state index in [9.17, 15) is 5.11 Å². The minimum absolute atomic E-state index is 0.566. The normalized spacial score (nSPS) is 14.9. The summed E-state index contributed by atoms with van der Waals surface area (Å²) in [6.45, 7) is 3.80. The van der Waals surface area contributed by atoms with Crippen molar-refractivity contribution in [1.29, 1.82) is 0 Å². The van der Waals surface area contributed by atoms with Gasteiger partial charge in [-0.1, -0.05) is 18.5 Å². The molecule has 0 fully saturated rings. The minimum atomic E-state index is -0.626. The smallest absolute Gasteiger partial charge is 0.0710 e. The fraction of sp³-hybridized carbons (Fsp3) is 0.455. The molecule has 1 unspecified atom stereocenters. The van der Waals surface area contributed by atoms with Crippen LogP contribution in [0.15, 0.2) is 23.1 Å². The zero-order valence-electron chi connectivity index (χ0n) is 8.96. The molecule has 0 radical (unpaired) electrons. The maximum atomic E-state index is 9.83. The summed E-state index contributed by atoms with van der Waals surface area (Å²) in [4.78, 5) is 1.03. The van der Waals surface area contributed by atoms with Gasteiger partial charge < -0.3 is 10.8 Å². The van der Waals surface area contributed by atoms with Crippen molar-refractivity contribution in [2.45, 2.75) is 30.8 Å². The number of halogens is 1. The lowest BCUT2D eigenvalue weighted by Gasteiger charge is -2.20. The second-order valence-electron chi connectivity index (χ2n) is 3.82. The minimum Gasteiger partial charge on any atom is -0.398 e. The average molecular weight is 246 g/mol. The lowest BCUT2D eigenvalue weighted by molar-refractivity contribution is 0.0816. The molecule has 1 rings (SSSR count). The van der Waals surface area contributed by atoms with Crippen LogP contribution in [0.25, 0.3) is 0 Å². The Labute approximate surface area is 99.8 Å². The molecule has 0 aliphatic heterocycles. The number of anilines is 1. The van der Waals surface area contributed by atoms with E-state index in [0.717, 1.165) is 11.3 Å². The summed E-state index contributed by atoms with van der Waals surface area (Å²) in [6, 6.07) is 5.52. The molecule has 2 nitrogen and oxygen atoms in total. The largest absolute Gasteiger partial charge is 0.398 e. The molecule has 0 spiro atoms. The van der Waals surface area contributed by atoms with Gasteiger partial charge in [0.05, 0.1) is 16.3 Å². The molecule has 84 valence electrons. The maximum Gasteiger partial charge on any atom is 0.0710 e. The van der Waals surface area contributed by atoms with Crippen molar-refractivity contribution in [3.05, 3.63) is 23.2 Å². The van der Waals surface area contributed by atoms with E-state index < -0.39 is 5.60 Å². The second-order valence-corrected chi connectivity index (χ2v) is 5.28. The van der Waals surface area contributed by atoms with Gasteiger partial charge in [-0.25, -0.2) is 0 Å². The van der Waals surface area contributed by atoms with Crippen molar-refractivity contribution in [2.75, 3.05) is 11.5 Å². The van der Waals surface area contributed by atoms with Gasteiger partial charge in [-0.3, -0.25) is 0 Å². The molecule has 1 aromatic rings. The number of thioether (sulfide) groups is 1. The van der Waals surface area contributed by atoms with Gasteiger partial charge in [0.15, 0.2) is 0 Å². The van der Waals surface area contributed by atoms with E-state index in [0.29, 0.717) is 16.5 Å².